The molecule has 0 saturated heterocycles. The molecule has 0 atom stereocenters. The Balaban J connectivity index is -0.0000000569. The molecule has 0 fully saturated rings. The van der Waals surface area contributed by atoms with E-state index in [1.54, 1.807) is 0 Å². The molecule has 0 aromatic heterocycles. The molecule has 0 bridgehead atoms. The Kier molecular flexibility index (Phi) is 42.8. The zero-order valence-corrected chi connectivity index (χ0v) is 11.0. The van der Waals surface area contributed by atoms with Crippen LogP contribution in [0.3, 0.4) is 0 Å². The summed E-state index contributed by atoms with van der Waals surface area (Å²) in [6, 6.07) is 0. The Hall–Kier alpha value is 0.388. The molecule has 1 nitrogen and oxygen atoms in total. The number of nitrogens with zero attached hydrogens (tertiary/aromatic N) is 1. The molecule has 0 spiro atoms. The van der Waals surface area contributed by atoms with E-state index in [0.29, 0.717) is 0 Å². The molecule has 0 aliphatic rings. The van der Waals surface area contributed by atoms with E-state index in [-0.39, 0.29) is 28.5 Å². The maximum Gasteiger partial charge on any atom is 0 e. The second kappa shape index (κ2) is 22.5. The first-order valence-corrected chi connectivity index (χ1v) is 3.58. The Morgan fingerprint density at radius 1 is 1.50 bits per heavy atom. The van der Waals surface area contributed by atoms with Gasteiger partial charge in [-0.15, -0.1) is 19.1 Å². The Labute approximate surface area is 93.5 Å². The molecule has 12 heavy (non-hydrogen) atoms. The first-order valence-electron chi connectivity index (χ1n) is 3.58. The summed E-state index contributed by atoms with van der Waals surface area (Å²) in [5.74, 6) is 0. The first-order chi connectivity index (χ1) is 4.68. The first kappa shape index (κ1) is 22.8. The van der Waals surface area contributed by atoms with Gasteiger partial charge in [0.1, 0.15) is 0 Å². The predicted molar refractivity (Wildman–Crippen MR) is 54.9 cm³/mol. The third-order valence-electron chi connectivity index (χ3n) is 0.637. The van der Waals surface area contributed by atoms with Crippen molar-refractivity contribution in [2.24, 2.45) is 0 Å². The summed E-state index contributed by atoms with van der Waals surface area (Å²) in [6.45, 7) is 11.1. The van der Waals surface area contributed by atoms with E-state index in [4.69, 9.17) is 0 Å². The molecular weight excluding hydrogens is 329 g/mol. The monoisotopic (exact) mass is 351 g/mol. The molecule has 0 aromatic carbocycles. The molecule has 0 radical (unpaired) electrons. The van der Waals surface area contributed by atoms with E-state index in [1.807, 2.05) is 32.0 Å². The van der Waals surface area contributed by atoms with Gasteiger partial charge in [-0.25, -0.2) is 0 Å². The molecule has 2 heteroatoms. The van der Waals surface area contributed by atoms with Crippen LogP contribution in [0.25, 0.3) is 0 Å². The fourth-order valence-electron chi connectivity index (χ4n) is 0.285. The summed E-state index contributed by atoms with van der Waals surface area (Å²) in [4.78, 5) is 2.02. The van der Waals surface area contributed by atoms with Crippen molar-refractivity contribution in [1.29, 1.82) is 0 Å². The van der Waals surface area contributed by atoms with Crippen LogP contribution in [0.5, 0.6) is 0 Å². The fourth-order valence-corrected chi connectivity index (χ4v) is 0.285. The van der Waals surface area contributed by atoms with Gasteiger partial charge in [-0.2, -0.15) is 6.42 Å². The van der Waals surface area contributed by atoms with Gasteiger partial charge in [0, 0.05) is 21.1 Å². The van der Waals surface area contributed by atoms with Gasteiger partial charge in [0.15, 0.2) is 0 Å². The van der Waals surface area contributed by atoms with Crippen molar-refractivity contribution in [1.82, 2.24) is 4.90 Å². The van der Waals surface area contributed by atoms with E-state index in [1.165, 1.54) is 0 Å². The fraction of sp³-hybridized carbons (Fsp3) is 0.500. The third kappa shape index (κ3) is 47.5. The van der Waals surface area contributed by atoms with Crippen molar-refractivity contribution in [2.75, 3.05) is 14.1 Å². The second-order valence-corrected chi connectivity index (χ2v) is 2.17. The predicted octanol–water partition coefficient (Wildman–Crippen LogP) is 2.96. The van der Waals surface area contributed by atoms with Crippen LogP contribution in [0.15, 0.2) is 12.7 Å². The smallest absolute Gasteiger partial charge is 0 e. The van der Waals surface area contributed by atoms with Crippen LogP contribution >= 0.6 is 0 Å². The Morgan fingerprint density at radius 3 is 1.92 bits per heavy atom. The molecule has 80 valence electrons. The van der Waals surface area contributed by atoms with Crippen LogP contribution in [0.2, 0.25) is 0 Å². The van der Waals surface area contributed by atoms with E-state index in [9.17, 15) is 0 Å². The van der Waals surface area contributed by atoms with Crippen LogP contribution in [0.1, 0.15) is 19.8 Å². The quantitative estimate of drug-likeness (QED) is 0.558. The normalized spacial score (nSPS) is 7.08. The molecule has 0 unspecified atom stereocenters. The zero-order chi connectivity index (χ0) is 8.41. The average Bonchev–Trinajstić information content (AvgIpc) is 1.85. The van der Waals surface area contributed by atoms with Crippen LogP contribution < -0.4 is 0 Å². The summed E-state index contributed by atoms with van der Waals surface area (Å²) in [5, 5.41) is 0. The van der Waals surface area contributed by atoms with Crippen molar-refractivity contribution < 1.29 is 21.1 Å². The molecular formula is C10H22NPt-3. The molecule has 0 aromatic rings. The van der Waals surface area contributed by atoms with E-state index < -0.39 is 0 Å². The molecule has 0 aliphatic carbocycles. The molecule has 0 amide bonds. The van der Waals surface area contributed by atoms with E-state index in [2.05, 4.69) is 20.0 Å². The minimum atomic E-state index is 0. The van der Waals surface area contributed by atoms with Gasteiger partial charge >= 0.3 is 0 Å². The van der Waals surface area contributed by atoms with Gasteiger partial charge in [0.05, 0.1) is 0 Å². The van der Waals surface area contributed by atoms with Crippen molar-refractivity contribution in [2.45, 2.75) is 19.8 Å². The minimum Gasteiger partial charge on any atom is -0.461 e. The summed E-state index contributed by atoms with van der Waals surface area (Å²) >= 11 is 0. The van der Waals surface area contributed by atoms with Crippen LogP contribution in [-0.2, 0) is 21.1 Å². The summed E-state index contributed by atoms with van der Waals surface area (Å²) in [5.41, 5.74) is 0. The van der Waals surface area contributed by atoms with E-state index in [0.717, 1.165) is 12.8 Å². The summed E-state index contributed by atoms with van der Waals surface area (Å²) in [6.07, 6.45) is 3.84. The molecule has 0 N–H and O–H groups in total. The van der Waals surface area contributed by atoms with Gasteiger partial charge < -0.3 is 19.3 Å². The van der Waals surface area contributed by atoms with Gasteiger partial charge in [-0.3, -0.25) is 6.54 Å². The standard InChI is InChI=1S/C6H12N.C3H7.CH3.Pt/c1-4-5-6-7(2)3;1-3-2;;/h4,6H,1,5H2,2-3H3;1,3H2,2H3;1H3;/q3*-1;. The van der Waals surface area contributed by atoms with Gasteiger partial charge in [-0.05, 0) is 14.1 Å². The molecule has 0 saturated carbocycles. The average molecular weight is 351 g/mol. The zero-order valence-electron chi connectivity index (χ0n) is 8.75. The van der Waals surface area contributed by atoms with Crippen LogP contribution in [-0.4, -0.2) is 19.0 Å². The molecule has 0 aliphatic heterocycles. The van der Waals surface area contributed by atoms with Crippen LogP contribution in [0, 0.1) is 20.9 Å². The number of hydrogen-bond donors (Lipinski definition) is 0. The Morgan fingerprint density at radius 2 is 1.83 bits per heavy atom. The van der Waals surface area contributed by atoms with Crippen LogP contribution in [0.4, 0.5) is 0 Å². The SMILES string of the molecule is C=CC[CH-]N(C)C.[CH2-]CC.[CH3-].[Pt]. The van der Waals surface area contributed by atoms with Crippen molar-refractivity contribution in [3.05, 3.63) is 33.6 Å². The topological polar surface area (TPSA) is 3.24 Å². The van der Waals surface area contributed by atoms with Gasteiger partial charge in [0.25, 0.3) is 0 Å². The van der Waals surface area contributed by atoms with E-state index >= 15 is 0 Å². The number of rotatable bonds is 3. The minimum absolute atomic E-state index is 0. The molecule has 0 rings (SSSR count). The van der Waals surface area contributed by atoms with Crippen molar-refractivity contribution in [3.63, 3.8) is 0 Å². The maximum atomic E-state index is 3.57. The Bertz CT molecular complexity index is 62.9. The van der Waals surface area contributed by atoms with Crippen molar-refractivity contribution >= 4 is 0 Å². The van der Waals surface area contributed by atoms with Gasteiger partial charge in [0.2, 0.25) is 0 Å². The maximum absolute atomic E-state index is 3.57. The summed E-state index contributed by atoms with van der Waals surface area (Å²) in [7, 11) is 4.01. The molecule has 0 heterocycles. The number of hydrogen-bond acceptors (Lipinski definition) is 1. The summed E-state index contributed by atoms with van der Waals surface area (Å²) < 4.78 is 0. The van der Waals surface area contributed by atoms with Gasteiger partial charge in [-0.1, -0.05) is 6.92 Å². The largest absolute Gasteiger partial charge is 0.461 e. The second-order valence-electron chi connectivity index (χ2n) is 2.17. The van der Waals surface area contributed by atoms with Crippen molar-refractivity contribution in [3.8, 4) is 0 Å². The third-order valence-corrected chi connectivity index (χ3v) is 0.637.